The Morgan fingerprint density at radius 1 is 1.50 bits per heavy atom. The first kappa shape index (κ1) is 12.1. The van der Waals surface area contributed by atoms with Crippen LogP contribution < -0.4 is 5.73 Å². The first-order valence-electron chi connectivity index (χ1n) is 6.82. The number of aromatic nitrogens is 2. The van der Waals surface area contributed by atoms with Crippen molar-refractivity contribution < 1.29 is 9.26 Å². The fourth-order valence-electron chi connectivity index (χ4n) is 2.81. The van der Waals surface area contributed by atoms with Crippen LogP contribution in [0.3, 0.4) is 0 Å². The maximum Gasteiger partial charge on any atom is 0.227 e. The third kappa shape index (κ3) is 2.17. The van der Waals surface area contributed by atoms with Crippen molar-refractivity contribution in [1.82, 2.24) is 10.1 Å². The van der Waals surface area contributed by atoms with Gasteiger partial charge >= 0.3 is 0 Å². The maximum absolute atomic E-state index is 5.85. The number of nitrogens with two attached hydrogens (primary N) is 1. The summed E-state index contributed by atoms with van der Waals surface area (Å²) in [5, 5.41) is 4.07. The van der Waals surface area contributed by atoms with Gasteiger partial charge in [-0.3, -0.25) is 0 Å². The Morgan fingerprint density at radius 2 is 2.28 bits per heavy atom. The van der Waals surface area contributed by atoms with Gasteiger partial charge in [0, 0.05) is 13.5 Å². The molecule has 1 unspecified atom stereocenters. The van der Waals surface area contributed by atoms with Gasteiger partial charge in [0.1, 0.15) is 6.10 Å². The highest BCUT2D eigenvalue weighted by Crippen LogP contribution is 2.44. The van der Waals surface area contributed by atoms with Crippen LogP contribution in [0.1, 0.15) is 49.9 Å². The highest BCUT2D eigenvalue weighted by atomic mass is 16.5. The van der Waals surface area contributed by atoms with Gasteiger partial charge in [-0.15, -0.1) is 0 Å². The molecule has 0 radical (unpaired) electrons. The molecule has 0 saturated heterocycles. The number of ether oxygens (including phenoxy) is 1. The molecule has 1 aromatic rings. The molecular formula is C13H21N3O2. The van der Waals surface area contributed by atoms with E-state index in [9.17, 15) is 0 Å². The third-order valence-electron chi connectivity index (χ3n) is 4.42. The van der Waals surface area contributed by atoms with Crippen molar-refractivity contribution in [1.29, 1.82) is 0 Å². The number of methoxy groups -OCH3 is 1. The summed E-state index contributed by atoms with van der Waals surface area (Å²) in [6.07, 6.45) is 6.86. The molecule has 1 atom stereocenters. The van der Waals surface area contributed by atoms with Gasteiger partial charge < -0.3 is 15.0 Å². The van der Waals surface area contributed by atoms with Gasteiger partial charge in [0.25, 0.3) is 0 Å². The molecule has 2 N–H and O–H groups in total. The predicted molar refractivity (Wildman–Crippen MR) is 65.8 cm³/mol. The van der Waals surface area contributed by atoms with Crippen molar-refractivity contribution in [3.63, 3.8) is 0 Å². The molecule has 0 aromatic carbocycles. The van der Waals surface area contributed by atoms with Crippen LogP contribution in [0.2, 0.25) is 0 Å². The predicted octanol–water partition coefficient (Wildman–Crippen LogP) is 1.84. The van der Waals surface area contributed by atoms with Crippen LogP contribution in [-0.2, 0) is 11.2 Å². The quantitative estimate of drug-likeness (QED) is 0.835. The zero-order valence-corrected chi connectivity index (χ0v) is 10.9. The van der Waals surface area contributed by atoms with Gasteiger partial charge in [0.2, 0.25) is 11.7 Å². The van der Waals surface area contributed by atoms with Crippen LogP contribution in [0.15, 0.2) is 4.52 Å². The Labute approximate surface area is 107 Å². The molecular weight excluding hydrogens is 230 g/mol. The van der Waals surface area contributed by atoms with Crippen molar-refractivity contribution in [3.05, 3.63) is 11.7 Å². The Bertz CT molecular complexity index is 405. The lowest BCUT2D eigenvalue weighted by molar-refractivity contribution is 0.0751. The van der Waals surface area contributed by atoms with E-state index in [1.165, 1.54) is 32.1 Å². The fraction of sp³-hybridized carbons (Fsp3) is 0.846. The monoisotopic (exact) mass is 251 g/mol. The van der Waals surface area contributed by atoms with Gasteiger partial charge in [0.15, 0.2) is 0 Å². The maximum atomic E-state index is 5.85. The molecule has 3 rings (SSSR count). The number of hydrogen-bond donors (Lipinski definition) is 1. The molecule has 0 amide bonds. The van der Waals surface area contributed by atoms with Crippen molar-refractivity contribution in [2.75, 3.05) is 13.7 Å². The lowest BCUT2D eigenvalue weighted by Gasteiger charge is -2.39. The summed E-state index contributed by atoms with van der Waals surface area (Å²) in [4.78, 5) is 4.50. The molecule has 0 aliphatic heterocycles. The number of rotatable bonds is 6. The second kappa shape index (κ2) is 4.63. The third-order valence-corrected chi connectivity index (χ3v) is 4.42. The average Bonchev–Trinajstić information content (AvgIpc) is 3.05. The van der Waals surface area contributed by atoms with E-state index in [2.05, 4.69) is 10.1 Å². The lowest BCUT2D eigenvalue weighted by atomic mass is 9.67. The topological polar surface area (TPSA) is 74.2 Å². The van der Waals surface area contributed by atoms with Crippen molar-refractivity contribution in [2.24, 2.45) is 17.1 Å². The molecule has 2 aliphatic carbocycles. The number of nitrogens with zero attached hydrogens (tertiary/aromatic N) is 2. The van der Waals surface area contributed by atoms with Crippen LogP contribution in [0.25, 0.3) is 0 Å². The highest BCUT2D eigenvalue weighted by molar-refractivity contribution is 5.01. The summed E-state index contributed by atoms with van der Waals surface area (Å²) in [6, 6.07) is 0. The fourth-order valence-corrected chi connectivity index (χ4v) is 2.81. The molecule has 5 heteroatoms. The molecule has 2 fully saturated rings. The largest absolute Gasteiger partial charge is 0.373 e. The summed E-state index contributed by atoms with van der Waals surface area (Å²) in [5.41, 5.74) is 6.07. The Kier molecular flexibility index (Phi) is 3.11. The summed E-state index contributed by atoms with van der Waals surface area (Å²) in [5.74, 6) is 2.01. The second-order valence-electron chi connectivity index (χ2n) is 5.77. The van der Waals surface area contributed by atoms with E-state index in [-0.39, 0.29) is 11.5 Å². The minimum absolute atomic E-state index is 0.0118. The molecule has 100 valence electrons. The Balaban J connectivity index is 1.69. The zero-order chi connectivity index (χ0) is 12.6. The smallest absolute Gasteiger partial charge is 0.227 e. The van der Waals surface area contributed by atoms with E-state index in [4.69, 9.17) is 15.0 Å². The van der Waals surface area contributed by atoms with Crippen LogP contribution in [-0.4, -0.2) is 23.8 Å². The number of hydrogen-bond acceptors (Lipinski definition) is 5. The van der Waals surface area contributed by atoms with E-state index < -0.39 is 0 Å². The van der Waals surface area contributed by atoms with Gasteiger partial charge in [-0.05, 0) is 43.6 Å². The van der Waals surface area contributed by atoms with Crippen LogP contribution in [0, 0.1) is 11.3 Å². The van der Waals surface area contributed by atoms with E-state index in [0.29, 0.717) is 18.3 Å². The Morgan fingerprint density at radius 3 is 2.78 bits per heavy atom. The van der Waals surface area contributed by atoms with Crippen molar-refractivity contribution >= 4 is 0 Å². The molecule has 2 aliphatic rings. The summed E-state index contributed by atoms with van der Waals surface area (Å²) >= 11 is 0. The van der Waals surface area contributed by atoms with E-state index in [0.717, 1.165) is 12.3 Å². The average molecular weight is 251 g/mol. The summed E-state index contributed by atoms with van der Waals surface area (Å²) in [7, 11) is 1.71. The molecule has 18 heavy (non-hydrogen) atoms. The van der Waals surface area contributed by atoms with E-state index in [1.807, 2.05) is 0 Å². The first-order valence-corrected chi connectivity index (χ1v) is 6.82. The lowest BCUT2D eigenvalue weighted by Crippen LogP contribution is -2.39. The van der Waals surface area contributed by atoms with E-state index >= 15 is 0 Å². The van der Waals surface area contributed by atoms with E-state index in [1.54, 1.807) is 7.11 Å². The van der Waals surface area contributed by atoms with Crippen LogP contribution in [0.5, 0.6) is 0 Å². The van der Waals surface area contributed by atoms with Gasteiger partial charge in [-0.2, -0.15) is 4.98 Å². The summed E-state index contributed by atoms with van der Waals surface area (Å²) in [6.45, 7) is 0.709. The van der Waals surface area contributed by atoms with Gasteiger partial charge in [0.05, 0.1) is 0 Å². The zero-order valence-electron chi connectivity index (χ0n) is 10.9. The van der Waals surface area contributed by atoms with Gasteiger partial charge in [-0.1, -0.05) is 11.6 Å². The molecule has 0 bridgehead atoms. The second-order valence-corrected chi connectivity index (χ2v) is 5.77. The molecule has 1 aromatic heterocycles. The first-order chi connectivity index (χ1) is 8.76. The van der Waals surface area contributed by atoms with Crippen molar-refractivity contribution in [3.8, 4) is 0 Å². The minimum Gasteiger partial charge on any atom is -0.373 e. The SMILES string of the molecule is COC(c1noc(CC2(CN)CCC2)n1)C1CC1. The molecule has 1 heterocycles. The summed E-state index contributed by atoms with van der Waals surface area (Å²) < 4.78 is 10.8. The highest BCUT2D eigenvalue weighted by Gasteiger charge is 2.39. The normalized spacial score (nSPS) is 23.7. The van der Waals surface area contributed by atoms with Crippen LogP contribution in [0.4, 0.5) is 0 Å². The molecule has 2 saturated carbocycles. The molecule has 5 nitrogen and oxygen atoms in total. The van der Waals surface area contributed by atoms with Gasteiger partial charge in [-0.25, -0.2) is 0 Å². The van der Waals surface area contributed by atoms with Crippen molar-refractivity contribution in [2.45, 2.75) is 44.6 Å². The van der Waals surface area contributed by atoms with Crippen LogP contribution >= 0.6 is 0 Å². The standard InChI is InChI=1S/C13H21N3O2/c1-17-11(9-3-4-9)12-15-10(18-16-12)7-13(8-14)5-2-6-13/h9,11H,2-8,14H2,1H3. The Hall–Kier alpha value is -0.940. The molecule has 0 spiro atoms. The minimum atomic E-state index is 0.0118.